The summed E-state index contributed by atoms with van der Waals surface area (Å²) in [7, 11) is 0. The van der Waals surface area contributed by atoms with Crippen LogP contribution in [0.2, 0.25) is 0 Å². The van der Waals surface area contributed by atoms with Gasteiger partial charge in [0.05, 0.1) is 0 Å². The Balaban J connectivity index is 0.000000149. The number of carboxylic acid groups (broad SMARTS) is 1. The van der Waals surface area contributed by atoms with E-state index in [0.717, 1.165) is 0 Å². The minimum absolute atomic E-state index is 0.306. The Kier molecular flexibility index (Phi) is 3.55. The molecule has 0 radical (unpaired) electrons. The van der Waals surface area contributed by atoms with Crippen molar-refractivity contribution >= 4 is 17.6 Å². The molecule has 0 aromatic heterocycles. The van der Waals surface area contributed by atoms with Gasteiger partial charge in [0.2, 0.25) is 0 Å². The summed E-state index contributed by atoms with van der Waals surface area (Å²) in [5, 5.41) is 7.59. The molecule has 4 bridgehead atoms. The largest absolute Gasteiger partial charge is 0.480 e. The van der Waals surface area contributed by atoms with Crippen molar-refractivity contribution in [3.05, 3.63) is 0 Å². The zero-order chi connectivity index (χ0) is 10.8. The molecule has 0 atom stereocenters. The lowest BCUT2D eigenvalue weighted by molar-refractivity contribution is -0.134. The smallest absolute Gasteiger partial charge is 0.318 e. The number of carbonyl (C=O) groups is 1. The first-order chi connectivity index (χ1) is 7.17. The molecule has 0 aromatic rings. The third-order valence-corrected chi connectivity index (χ3v) is 4.34. The molecule has 4 saturated carbocycles. The monoisotopic (exact) mass is 230 g/mol. The highest BCUT2D eigenvalue weighted by Crippen LogP contribution is 2.53. The molecule has 0 unspecified atom stereocenters. The minimum atomic E-state index is -0.980. The van der Waals surface area contributed by atoms with Gasteiger partial charge in [0.1, 0.15) is 5.88 Å². The van der Waals surface area contributed by atoms with Gasteiger partial charge in [0.25, 0.3) is 0 Å². The zero-order valence-corrected chi connectivity index (χ0v) is 9.75. The highest BCUT2D eigenvalue weighted by atomic mass is 35.5. The molecule has 0 aromatic carbocycles. The second kappa shape index (κ2) is 4.73. The molecule has 2 nitrogen and oxygen atoms in total. The summed E-state index contributed by atoms with van der Waals surface area (Å²) in [5.74, 6) is 3.42. The van der Waals surface area contributed by atoms with Crippen LogP contribution in [0.15, 0.2) is 0 Å². The van der Waals surface area contributed by atoms with Crippen LogP contribution in [-0.4, -0.2) is 17.0 Å². The lowest BCUT2D eigenvalue weighted by atomic mass is 9.56. The molecule has 4 aliphatic carbocycles. The van der Waals surface area contributed by atoms with Gasteiger partial charge in [-0.15, -0.1) is 11.6 Å². The van der Waals surface area contributed by atoms with Crippen molar-refractivity contribution in [2.45, 2.75) is 38.5 Å². The van der Waals surface area contributed by atoms with E-state index >= 15 is 0 Å². The molecule has 4 rings (SSSR count). The fourth-order valence-electron chi connectivity index (χ4n) is 3.98. The molecule has 15 heavy (non-hydrogen) atoms. The lowest BCUT2D eigenvalue weighted by Gasteiger charge is -2.49. The van der Waals surface area contributed by atoms with Gasteiger partial charge in [-0.3, -0.25) is 4.79 Å². The summed E-state index contributed by atoms with van der Waals surface area (Å²) < 4.78 is 0. The maximum atomic E-state index is 9.24. The van der Waals surface area contributed by atoms with E-state index in [1.807, 2.05) is 0 Å². The molecule has 0 saturated heterocycles. The quantitative estimate of drug-likeness (QED) is 0.703. The van der Waals surface area contributed by atoms with Crippen LogP contribution < -0.4 is 0 Å². The summed E-state index contributed by atoms with van der Waals surface area (Å²) in [6.07, 6.45) is 9.62. The molecule has 0 amide bonds. The van der Waals surface area contributed by atoms with Gasteiger partial charge in [0, 0.05) is 0 Å². The van der Waals surface area contributed by atoms with Gasteiger partial charge >= 0.3 is 5.97 Å². The fourth-order valence-corrected chi connectivity index (χ4v) is 3.98. The Hall–Kier alpha value is -0.240. The number of rotatable bonds is 1. The molecule has 0 heterocycles. The van der Waals surface area contributed by atoms with Gasteiger partial charge < -0.3 is 5.11 Å². The highest BCUT2D eigenvalue weighted by molar-refractivity contribution is 6.26. The third kappa shape index (κ3) is 2.87. The average molecular weight is 231 g/mol. The number of aliphatic carboxylic acids is 1. The highest BCUT2D eigenvalue weighted by Gasteiger charge is 2.41. The average Bonchev–Trinajstić information content (AvgIpc) is 2.16. The van der Waals surface area contributed by atoms with Crippen LogP contribution in [0.4, 0.5) is 0 Å². The van der Waals surface area contributed by atoms with Crippen molar-refractivity contribution in [2.24, 2.45) is 23.7 Å². The van der Waals surface area contributed by atoms with Gasteiger partial charge in [-0.25, -0.2) is 0 Å². The Morgan fingerprint density at radius 3 is 1.27 bits per heavy atom. The van der Waals surface area contributed by atoms with Crippen molar-refractivity contribution in [1.82, 2.24) is 0 Å². The van der Waals surface area contributed by atoms with Crippen molar-refractivity contribution in [2.75, 3.05) is 5.88 Å². The summed E-state index contributed by atoms with van der Waals surface area (Å²) in [6.45, 7) is 0. The molecule has 3 heteroatoms. The van der Waals surface area contributed by atoms with Crippen LogP contribution in [0, 0.1) is 23.7 Å². The van der Waals surface area contributed by atoms with Crippen molar-refractivity contribution in [1.29, 1.82) is 0 Å². The molecule has 0 spiro atoms. The van der Waals surface area contributed by atoms with E-state index in [-0.39, 0.29) is 5.88 Å². The molecular weight excluding hydrogens is 212 g/mol. The summed E-state index contributed by atoms with van der Waals surface area (Å²) in [6, 6.07) is 0. The van der Waals surface area contributed by atoms with Crippen molar-refractivity contribution in [3.63, 3.8) is 0 Å². The summed E-state index contributed by atoms with van der Waals surface area (Å²) in [5.41, 5.74) is 0. The van der Waals surface area contributed by atoms with Crippen molar-refractivity contribution in [3.8, 4) is 0 Å². The second-order valence-electron chi connectivity index (χ2n) is 5.41. The first kappa shape index (κ1) is 11.3. The van der Waals surface area contributed by atoms with Crippen LogP contribution in [-0.2, 0) is 4.79 Å². The van der Waals surface area contributed by atoms with Gasteiger partial charge in [-0.1, -0.05) is 0 Å². The lowest BCUT2D eigenvalue weighted by Crippen LogP contribution is -2.38. The minimum Gasteiger partial charge on any atom is -0.480 e. The van der Waals surface area contributed by atoms with Gasteiger partial charge in [-0.05, 0) is 62.2 Å². The molecule has 86 valence electrons. The standard InChI is InChI=1S/C10H16.C2H3ClO2/c1-7-2-9-4-8(1)5-10(3-7)6-9;3-1-2(4)5/h7-10H,1-6H2;1H2,(H,4,5). The van der Waals surface area contributed by atoms with E-state index in [0.29, 0.717) is 0 Å². The van der Waals surface area contributed by atoms with E-state index < -0.39 is 5.97 Å². The van der Waals surface area contributed by atoms with Crippen LogP contribution in [0.5, 0.6) is 0 Å². The second-order valence-corrected chi connectivity index (χ2v) is 5.67. The maximum absolute atomic E-state index is 9.24. The third-order valence-electron chi connectivity index (χ3n) is 4.11. The summed E-state index contributed by atoms with van der Waals surface area (Å²) in [4.78, 5) is 9.24. The molecule has 4 aliphatic rings. The predicted octanol–water partition coefficient (Wildman–Crippen LogP) is 3.14. The number of halogens is 1. The number of hydrogen-bond acceptors (Lipinski definition) is 1. The topological polar surface area (TPSA) is 37.3 Å². The Morgan fingerprint density at radius 1 is 0.933 bits per heavy atom. The Morgan fingerprint density at radius 2 is 1.13 bits per heavy atom. The van der Waals surface area contributed by atoms with E-state index in [1.165, 1.54) is 23.7 Å². The van der Waals surface area contributed by atoms with Crippen molar-refractivity contribution < 1.29 is 9.90 Å². The molecule has 1 N–H and O–H groups in total. The first-order valence-electron chi connectivity index (χ1n) is 5.95. The van der Waals surface area contributed by atoms with E-state index in [9.17, 15) is 4.79 Å². The van der Waals surface area contributed by atoms with E-state index in [2.05, 4.69) is 0 Å². The van der Waals surface area contributed by atoms with E-state index in [1.54, 1.807) is 38.5 Å². The Bertz CT molecular complexity index is 183. The molecular formula is C12H19ClO2. The van der Waals surface area contributed by atoms with Gasteiger partial charge in [0.15, 0.2) is 0 Å². The van der Waals surface area contributed by atoms with Crippen LogP contribution in [0.3, 0.4) is 0 Å². The summed E-state index contributed by atoms with van der Waals surface area (Å²) >= 11 is 4.74. The number of alkyl halides is 1. The fraction of sp³-hybridized carbons (Fsp3) is 0.917. The van der Waals surface area contributed by atoms with E-state index in [4.69, 9.17) is 16.7 Å². The van der Waals surface area contributed by atoms with Crippen LogP contribution >= 0.6 is 11.6 Å². The van der Waals surface area contributed by atoms with Crippen LogP contribution in [0.1, 0.15) is 38.5 Å². The SMILES string of the molecule is C1C2CC3CC1CC(C2)C3.O=C(O)CCl. The predicted molar refractivity (Wildman–Crippen MR) is 60.0 cm³/mol. The van der Waals surface area contributed by atoms with Crippen LogP contribution in [0.25, 0.3) is 0 Å². The normalized spacial score (nSPS) is 40.9. The molecule has 0 aliphatic heterocycles. The number of carboxylic acids is 1. The van der Waals surface area contributed by atoms with Gasteiger partial charge in [-0.2, -0.15) is 0 Å². The molecule has 4 fully saturated rings. The first-order valence-corrected chi connectivity index (χ1v) is 6.48. The number of hydrogen-bond donors (Lipinski definition) is 1. The maximum Gasteiger partial charge on any atom is 0.318 e. The Labute approximate surface area is 96.0 Å². The zero-order valence-electron chi connectivity index (χ0n) is 8.99.